The van der Waals surface area contributed by atoms with Crippen LogP contribution in [0.15, 0.2) is 36.4 Å². The molecule has 0 radical (unpaired) electrons. The SMILES string of the molecule is COc1cc(CNC(=O)c2ccccc2NS(C)(=O)=O)cc(OC)c1OC. The number of rotatable bonds is 8. The van der Waals surface area contributed by atoms with Crippen LogP contribution in [-0.4, -0.2) is 41.9 Å². The summed E-state index contributed by atoms with van der Waals surface area (Å²) in [5, 5.41) is 2.76. The number of methoxy groups -OCH3 is 3. The molecular formula is C18H22N2O6S. The Bertz CT molecular complexity index is 902. The minimum absolute atomic E-state index is 0.183. The lowest BCUT2D eigenvalue weighted by molar-refractivity contribution is 0.0951. The minimum Gasteiger partial charge on any atom is -0.493 e. The van der Waals surface area contributed by atoms with Gasteiger partial charge in [-0.05, 0) is 29.8 Å². The Balaban J connectivity index is 2.22. The highest BCUT2D eigenvalue weighted by molar-refractivity contribution is 7.92. The maximum absolute atomic E-state index is 12.5. The number of carbonyl (C=O) groups excluding carboxylic acids is 1. The van der Waals surface area contributed by atoms with Crippen molar-refractivity contribution in [3.05, 3.63) is 47.5 Å². The molecule has 0 heterocycles. The van der Waals surface area contributed by atoms with Gasteiger partial charge in [0.25, 0.3) is 5.91 Å². The van der Waals surface area contributed by atoms with Gasteiger partial charge in [0.05, 0.1) is 38.8 Å². The molecule has 8 nitrogen and oxygen atoms in total. The van der Waals surface area contributed by atoms with Gasteiger partial charge in [-0.1, -0.05) is 12.1 Å². The number of hydrogen-bond donors (Lipinski definition) is 2. The Hall–Kier alpha value is -2.94. The largest absolute Gasteiger partial charge is 0.493 e. The first kappa shape index (κ1) is 20.4. The number of sulfonamides is 1. The third-order valence-electron chi connectivity index (χ3n) is 3.64. The van der Waals surface area contributed by atoms with E-state index in [-0.39, 0.29) is 17.8 Å². The molecule has 2 aromatic rings. The van der Waals surface area contributed by atoms with Gasteiger partial charge in [0.15, 0.2) is 11.5 Å². The van der Waals surface area contributed by atoms with Crippen LogP contribution in [0.3, 0.4) is 0 Å². The predicted octanol–water partition coefficient (Wildman–Crippen LogP) is 2.01. The van der Waals surface area contributed by atoms with Crippen molar-refractivity contribution in [2.75, 3.05) is 32.3 Å². The summed E-state index contributed by atoms with van der Waals surface area (Å²) in [5.41, 5.74) is 1.16. The molecule has 9 heteroatoms. The van der Waals surface area contributed by atoms with Crippen LogP contribution in [0.25, 0.3) is 0 Å². The lowest BCUT2D eigenvalue weighted by atomic mass is 10.1. The number of para-hydroxylation sites is 1. The molecule has 0 atom stereocenters. The van der Waals surface area contributed by atoms with E-state index < -0.39 is 15.9 Å². The summed E-state index contributed by atoms with van der Waals surface area (Å²) in [6, 6.07) is 9.81. The van der Waals surface area contributed by atoms with Gasteiger partial charge in [0.1, 0.15) is 0 Å². The molecule has 0 saturated heterocycles. The van der Waals surface area contributed by atoms with Crippen molar-refractivity contribution in [2.45, 2.75) is 6.54 Å². The zero-order valence-corrected chi connectivity index (χ0v) is 16.3. The summed E-state index contributed by atoms with van der Waals surface area (Å²) in [6.07, 6.45) is 1.03. The summed E-state index contributed by atoms with van der Waals surface area (Å²) >= 11 is 0. The molecule has 0 spiro atoms. The molecule has 27 heavy (non-hydrogen) atoms. The molecule has 2 aromatic carbocycles. The number of amides is 1. The fourth-order valence-corrected chi connectivity index (χ4v) is 3.06. The highest BCUT2D eigenvalue weighted by Crippen LogP contribution is 2.38. The van der Waals surface area contributed by atoms with E-state index in [2.05, 4.69) is 10.0 Å². The van der Waals surface area contributed by atoms with Crippen LogP contribution in [0.1, 0.15) is 15.9 Å². The first-order valence-corrected chi connectivity index (χ1v) is 9.82. The summed E-state index contributed by atoms with van der Waals surface area (Å²) in [7, 11) is 1.02. The first-order chi connectivity index (χ1) is 12.8. The average molecular weight is 394 g/mol. The lowest BCUT2D eigenvalue weighted by Gasteiger charge is -2.15. The van der Waals surface area contributed by atoms with Gasteiger partial charge in [0.2, 0.25) is 15.8 Å². The topological polar surface area (TPSA) is 103 Å². The second-order valence-corrected chi connectivity index (χ2v) is 7.38. The Morgan fingerprint density at radius 3 is 2.11 bits per heavy atom. The van der Waals surface area contributed by atoms with E-state index in [0.29, 0.717) is 17.2 Å². The molecule has 0 aliphatic carbocycles. The first-order valence-electron chi connectivity index (χ1n) is 7.93. The Labute approximate surface area is 158 Å². The van der Waals surface area contributed by atoms with E-state index in [1.54, 1.807) is 24.3 Å². The smallest absolute Gasteiger partial charge is 0.253 e. The van der Waals surface area contributed by atoms with E-state index in [1.165, 1.54) is 33.5 Å². The van der Waals surface area contributed by atoms with Gasteiger partial charge >= 0.3 is 0 Å². The molecule has 2 rings (SSSR count). The van der Waals surface area contributed by atoms with E-state index in [4.69, 9.17) is 14.2 Å². The van der Waals surface area contributed by atoms with Crippen LogP contribution >= 0.6 is 0 Å². The second kappa shape index (κ2) is 8.63. The molecule has 0 aliphatic heterocycles. The van der Waals surface area contributed by atoms with Crippen molar-refractivity contribution in [1.29, 1.82) is 0 Å². The maximum Gasteiger partial charge on any atom is 0.253 e. The highest BCUT2D eigenvalue weighted by atomic mass is 32.2. The third kappa shape index (κ3) is 5.27. The van der Waals surface area contributed by atoms with E-state index in [9.17, 15) is 13.2 Å². The standard InChI is InChI=1S/C18H22N2O6S/c1-24-15-9-12(10-16(25-2)17(15)26-3)11-19-18(21)13-7-5-6-8-14(13)20-27(4,22)23/h5-10,20H,11H2,1-4H3,(H,19,21). The number of anilines is 1. The normalized spacial score (nSPS) is 10.8. The molecule has 0 fully saturated rings. The van der Waals surface area contributed by atoms with Crippen molar-refractivity contribution in [2.24, 2.45) is 0 Å². The Kier molecular flexibility index (Phi) is 6.51. The Morgan fingerprint density at radius 2 is 1.59 bits per heavy atom. The number of hydrogen-bond acceptors (Lipinski definition) is 6. The van der Waals surface area contributed by atoms with Gasteiger partial charge in [-0.15, -0.1) is 0 Å². The molecule has 0 aromatic heterocycles. The van der Waals surface area contributed by atoms with Crippen LogP contribution in [0, 0.1) is 0 Å². The van der Waals surface area contributed by atoms with Crippen LogP contribution in [0.4, 0.5) is 5.69 Å². The van der Waals surface area contributed by atoms with Gasteiger partial charge in [0, 0.05) is 6.54 Å². The third-order valence-corrected chi connectivity index (χ3v) is 4.24. The predicted molar refractivity (Wildman–Crippen MR) is 102 cm³/mol. The van der Waals surface area contributed by atoms with Crippen molar-refractivity contribution in [1.82, 2.24) is 5.32 Å². The van der Waals surface area contributed by atoms with Crippen LogP contribution < -0.4 is 24.2 Å². The molecule has 146 valence electrons. The molecular weight excluding hydrogens is 372 g/mol. The van der Waals surface area contributed by atoms with E-state index in [1.807, 2.05) is 0 Å². The molecule has 0 saturated carbocycles. The van der Waals surface area contributed by atoms with Crippen molar-refractivity contribution >= 4 is 21.6 Å². The quantitative estimate of drug-likeness (QED) is 0.710. The van der Waals surface area contributed by atoms with E-state index in [0.717, 1.165) is 11.8 Å². The summed E-state index contributed by atoms with van der Waals surface area (Å²) in [4.78, 5) is 12.5. The van der Waals surface area contributed by atoms with Gasteiger partial charge in [-0.2, -0.15) is 0 Å². The number of carbonyl (C=O) groups is 1. The van der Waals surface area contributed by atoms with Crippen molar-refractivity contribution in [3.63, 3.8) is 0 Å². The van der Waals surface area contributed by atoms with Gasteiger partial charge in [-0.3, -0.25) is 9.52 Å². The zero-order valence-electron chi connectivity index (χ0n) is 15.5. The second-order valence-electron chi connectivity index (χ2n) is 5.64. The van der Waals surface area contributed by atoms with Crippen LogP contribution in [-0.2, 0) is 16.6 Å². The van der Waals surface area contributed by atoms with Crippen LogP contribution in [0.2, 0.25) is 0 Å². The maximum atomic E-state index is 12.5. The number of ether oxygens (including phenoxy) is 3. The fraction of sp³-hybridized carbons (Fsp3) is 0.278. The molecule has 0 aliphatic rings. The summed E-state index contributed by atoms with van der Waals surface area (Å²) < 4.78 is 41.1. The van der Waals surface area contributed by atoms with E-state index >= 15 is 0 Å². The Morgan fingerprint density at radius 1 is 1.00 bits per heavy atom. The zero-order chi connectivity index (χ0) is 20.0. The highest BCUT2D eigenvalue weighted by Gasteiger charge is 2.16. The van der Waals surface area contributed by atoms with Crippen molar-refractivity contribution in [3.8, 4) is 17.2 Å². The fourth-order valence-electron chi connectivity index (χ4n) is 2.48. The monoisotopic (exact) mass is 394 g/mol. The lowest BCUT2D eigenvalue weighted by Crippen LogP contribution is -2.24. The minimum atomic E-state index is -3.50. The molecule has 2 N–H and O–H groups in total. The molecule has 0 bridgehead atoms. The average Bonchev–Trinajstić information content (AvgIpc) is 2.64. The van der Waals surface area contributed by atoms with Crippen molar-refractivity contribution < 1.29 is 27.4 Å². The van der Waals surface area contributed by atoms with Gasteiger partial charge < -0.3 is 19.5 Å². The molecule has 0 unspecified atom stereocenters. The number of nitrogens with one attached hydrogen (secondary N) is 2. The summed E-state index contributed by atoms with van der Waals surface area (Å²) in [5.74, 6) is 0.980. The summed E-state index contributed by atoms with van der Waals surface area (Å²) in [6.45, 7) is 0.183. The molecule has 1 amide bonds. The number of benzene rings is 2. The van der Waals surface area contributed by atoms with Gasteiger partial charge in [-0.25, -0.2) is 8.42 Å². The van der Waals surface area contributed by atoms with Crippen LogP contribution in [0.5, 0.6) is 17.2 Å².